The van der Waals surface area contributed by atoms with Gasteiger partial charge in [0.05, 0.1) is 0 Å². The predicted molar refractivity (Wildman–Crippen MR) is 110 cm³/mol. The Kier molecular flexibility index (Phi) is 18.4. The molecule has 5 nitrogen and oxygen atoms in total. The van der Waals surface area contributed by atoms with Gasteiger partial charge in [-0.25, -0.2) is 4.79 Å². The van der Waals surface area contributed by atoms with Gasteiger partial charge < -0.3 is 15.2 Å². The molecule has 0 saturated heterocycles. The first-order chi connectivity index (χ1) is 13.1. The predicted octanol–water partition coefficient (Wildman–Crippen LogP) is 5.41. The smallest absolute Gasteiger partial charge is 0.326 e. The molecule has 1 atom stereocenters. The number of hydrogen-bond acceptors (Lipinski definition) is 3. The molecule has 0 aliphatic rings. The van der Waals surface area contributed by atoms with Crippen LogP contribution in [-0.4, -0.2) is 29.3 Å². The highest BCUT2D eigenvalue weighted by Crippen LogP contribution is 2.13. The molecule has 0 unspecified atom stereocenters. The first kappa shape index (κ1) is 25.6. The second-order valence-corrected chi connectivity index (χ2v) is 7.55. The molecule has 0 bridgehead atoms. The van der Waals surface area contributed by atoms with Gasteiger partial charge in [0, 0.05) is 12.8 Å². The van der Waals surface area contributed by atoms with Crippen molar-refractivity contribution in [2.24, 2.45) is 0 Å². The van der Waals surface area contributed by atoms with Gasteiger partial charge >= 0.3 is 5.97 Å². The van der Waals surface area contributed by atoms with Crippen molar-refractivity contribution in [3.8, 4) is 0 Å². The number of carbonyl (C=O) groups excluding carboxylic acids is 2. The van der Waals surface area contributed by atoms with Gasteiger partial charge in [-0.05, 0) is 12.8 Å². The van der Waals surface area contributed by atoms with Crippen LogP contribution in [0.15, 0.2) is 0 Å². The van der Waals surface area contributed by atoms with Gasteiger partial charge in [0.15, 0.2) is 0 Å². The summed E-state index contributed by atoms with van der Waals surface area (Å²) < 4.78 is 0. The minimum atomic E-state index is -1.08. The molecule has 0 aromatic carbocycles. The van der Waals surface area contributed by atoms with E-state index in [9.17, 15) is 14.4 Å². The van der Waals surface area contributed by atoms with Crippen molar-refractivity contribution in [2.75, 3.05) is 0 Å². The molecule has 0 fully saturated rings. The molecule has 0 heterocycles. The Morgan fingerprint density at radius 2 is 1.26 bits per heavy atom. The summed E-state index contributed by atoms with van der Waals surface area (Å²) in [7, 11) is 0. The largest absolute Gasteiger partial charge is 0.480 e. The highest BCUT2D eigenvalue weighted by molar-refractivity contribution is 5.83. The number of nitrogens with one attached hydrogen (secondary N) is 1. The molecule has 2 N–H and O–H groups in total. The van der Waals surface area contributed by atoms with Gasteiger partial charge in [0.25, 0.3) is 0 Å². The molecule has 0 aliphatic heterocycles. The Bertz CT molecular complexity index is 385. The summed E-state index contributed by atoms with van der Waals surface area (Å²) in [5.41, 5.74) is 0. The normalized spacial score (nSPS) is 11.9. The molecule has 0 rings (SSSR count). The molecule has 1 amide bonds. The Labute approximate surface area is 165 Å². The molecular formula is C22H41NO4. The Morgan fingerprint density at radius 3 is 1.67 bits per heavy atom. The number of hydrogen-bond donors (Lipinski definition) is 2. The second kappa shape index (κ2) is 19.4. The van der Waals surface area contributed by atoms with E-state index >= 15 is 0 Å². The van der Waals surface area contributed by atoms with Gasteiger partial charge in [-0.15, -0.1) is 0 Å². The fourth-order valence-electron chi connectivity index (χ4n) is 3.24. The van der Waals surface area contributed by atoms with E-state index in [0.29, 0.717) is 12.7 Å². The Morgan fingerprint density at radius 1 is 0.815 bits per heavy atom. The van der Waals surface area contributed by atoms with Crippen LogP contribution in [0.1, 0.15) is 116 Å². The number of amides is 1. The van der Waals surface area contributed by atoms with Gasteiger partial charge in [-0.3, -0.25) is 4.79 Å². The summed E-state index contributed by atoms with van der Waals surface area (Å²) in [5, 5.41) is 11.5. The quantitative estimate of drug-likeness (QED) is 0.218. The lowest BCUT2D eigenvalue weighted by molar-refractivity contribution is -0.142. The second-order valence-electron chi connectivity index (χ2n) is 7.55. The van der Waals surface area contributed by atoms with Gasteiger partial charge in [0.1, 0.15) is 12.3 Å². The van der Waals surface area contributed by atoms with Crippen LogP contribution in [0.2, 0.25) is 0 Å². The van der Waals surface area contributed by atoms with Crippen LogP contribution in [0.4, 0.5) is 0 Å². The maximum absolute atomic E-state index is 11.8. The van der Waals surface area contributed by atoms with E-state index in [4.69, 9.17) is 5.11 Å². The van der Waals surface area contributed by atoms with Crippen LogP contribution < -0.4 is 5.32 Å². The van der Waals surface area contributed by atoms with E-state index < -0.39 is 12.0 Å². The summed E-state index contributed by atoms with van der Waals surface area (Å²) in [6, 6.07) is -0.950. The fourth-order valence-corrected chi connectivity index (χ4v) is 3.24. The SMILES string of the molecule is CCCCCCCCCCCCCCCCC(=O)N[C@@H](CCC=O)C(=O)O. The van der Waals surface area contributed by atoms with E-state index in [1.165, 1.54) is 70.6 Å². The van der Waals surface area contributed by atoms with Gasteiger partial charge in [0.2, 0.25) is 5.91 Å². The number of rotatable bonds is 20. The van der Waals surface area contributed by atoms with Crippen molar-refractivity contribution < 1.29 is 19.5 Å². The highest BCUT2D eigenvalue weighted by atomic mass is 16.4. The lowest BCUT2D eigenvalue weighted by Gasteiger charge is -2.13. The van der Waals surface area contributed by atoms with Gasteiger partial charge in [-0.1, -0.05) is 90.4 Å². The lowest BCUT2D eigenvalue weighted by atomic mass is 10.0. The van der Waals surface area contributed by atoms with Crippen molar-refractivity contribution in [2.45, 2.75) is 122 Å². The number of aldehydes is 1. The molecule has 158 valence electrons. The number of carbonyl (C=O) groups is 3. The summed E-state index contributed by atoms with van der Waals surface area (Å²) in [6.45, 7) is 2.25. The van der Waals surface area contributed by atoms with Crippen molar-refractivity contribution in [1.29, 1.82) is 0 Å². The highest BCUT2D eigenvalue weighted by Gasteiger charge is 2.18. The maximum atomic E-state index is 11.8. The number of carboxylic acid groups (broad SMARTS) is 1. The third-order valence-electron chi connectivity index (χ3n) is 4.96. The minimum Gasteiger partial charge on any atom is -0.480 e. The molecule has 5 heteroatoms. The summed E-state index contributed by atoms with van der Waals surface area (Å²) >= 11 is 0. The van der Waals surface area contributed by atoms with E-state index in [1.54, 1.807) is 0 Å². The lowest BCUT2D eigenvalue weighted by Crippen LogP contribution is -2.40. The van der Waals surface area contributed by atoms with Crippen molar-refractivity contribution >= 4 is 18.2 Å². The van der Waals surface area contributed by atoms with Crippen LogP contribution in [-0.2, 0) is 14.4 Å². The third-order valence-corrected chi connectivity index (χ3v) is 4.96. The molecule has 0 aromatic rings. The number of aliphatic carboxylic acids is 1. The monoisotopic (exact) mass is 383 g/mol. The van der Waals surface area contributed by atoms with Crippen LogP contribution in [0.3, 0.4) is 0 Å². The number of unbranched alkanes of at least 4 members (excludes halogenated alkanes) is 13. The summed E-state index contributed by atoms with van der Waals surface area (Å²) in [4.78, 5) is 33.1. The fraction of sp³-hybridized carbons (Fsp3) is 0.864. The Hall–Kier alpha value is -1.39. The van der Waals surface area contributed by atoms with Crippen molar-refractivity contribution in [3.63, 3.8) is 0 Å². The molecule has 0 aromatic heterocycles. The van der Waals surface area contributed by atoms with Crippen LogP contribution in [0.25, 0.3) is 0 Å². The first-order valence-corrected chi connectivity index (χ1v) is 11.1. The molecular weight excluding hydrogens is 342 g/mol. The van der Waals surface area contributed by atoms with Crippen LogP contribution in [0.5, 0.6) is 0 Å². The minimum absolute atomic E-state index is 0.149. The van der Waals surface area contributed by atoms with E-state index in [2.05, 4.69) is 12.2 Å². The third kappa shape index (κ3) is 17.8. The van der Waals surface area contributed by atoms with Crippen LogP contribution in [0, 0.1) is 0 Å². The maximum Gasteiger partial charge on any atom is 0.326 e. The average Bonchev–Trinajstić information content (AvgIpc) is 2.65. The van der Waals surface area contributed by atoms with E-state index in [-0.39, 0.29) is 18.7 Å². The molecule has 0 saturated carbocycles. The Balaban J connectivity index is 3.41. The molecule has 0 radical (unpaired) electrons. The molecule has 0 aliphatic carbocycles. The van der Waals surface area contributed by atoms with E-state index in [0.717, 1.165) is 19.3 Å². The zero-order valence-corrected chi connectivity index (χ0v) is 17.3. The molecule has 27 heavy (non-hydrogen) atoms. The van der Waals surface area contributed by atoms with Crippen molar-refractivity contribution in [1.82, 2.24) is 5.32 Å². The standard InChI is InChI=1S/C22H41NO4/c1-2-3-4-5-6-7-8-9-10-11-12-13-14-15-18-21(25)23-20(22(26)27)17-16-19-24/h19-20H,2-18H2,1H3,(H,23,25)(H,26,27)/t20-/m0/s1. The zero-order chi connectivity index (χ0) is 20.2. The topological polar surface area (TPSA) is 83.5 Å². The van der Waals surface area contributed by atoms with Gasteiger partial charge in [-0.2, -0.15) is 0 Å². The van der Waals surface area contributed by atoms with Crippen molar-refractivity contribution in [3.05, 3.63) is 0 Å². The molecule has 0 spiro atoms. The zero-order valence-electron chi connectivity index (χ0n) is 17.3. The average molecular weight is 384 g/mol. The van der Waals surface area contributed by atoms with E-state index in [1.807, 2.05) is 0 Å². The summed E-state index contributed by atoms with van der Waals surface area (Å²) in [6.07, 6.45) is 19.0. The first-order valence-electron chi connectivity index (χ1n) is 11.1. The summed E-state index contributed by atoms with van der Waals surface area (Å²) in [5.74, 6) is -1.31. The number of carboxylic acids is 1. The van der Waals surface area contributed by atoms with Crippen LogP contribution >= 0.6 is 0 Å².